The van der Waals surface area contributed by atoms with Gasteiger partial charge in [-0.3, -0.25) is 0 Å². The first-order valence-electron chi connectivity index (χ1n) is 7.37. The normalized spacial score (nSPS) is 10.8. The molecule has 7 heteroatoms. The van der Waals surface area contributed by atoms with Gasteiger partial charge in [-0.2, -0.15) is 0 Å². The number of aliphatic hydroxyl groups excluding tert-OH is 1. The molecule has 0 radical (unpaired) electrons. The second-order valence-corrected chi connectivity index (χ2v) is 6.83. The molecule has 1 aromatic carbocycles. The van der Waals surface area contributed by atoms with Gasteiger partial charge in [0.25, 0.3) is 0 Å². The van der Waals surface area contributed by atoms with Gasteiger partial charge in [0.1, 0.15) is 5.82 Å². The van der Waals surface area contributed by atoms with Crippen molar-refractivity contribution in [3.63, 3.8) is 0 Å². The van der Waals surface area contributed by atoms with Crippen LogP contribution in [0.15, 0.2) is 58.6 Å². The van der Waals surface area contributed by atoms with Crippen LogP contribution in [-0.2, 0) is 13.2 Å². The number of hydrogen-bond donors (Lipinski definition) is 2. The predicted molar refractivity (Wildman–Crippen MR) is 101 cm³/mol. The van der Waals surface area contributed by atoms with Crippen LogP contribution in [0.2, 0.25) is 0 Å². The predicted octanol–water partition coefficient (Wildman–Crippen LogP) is 3.86. The Kier molecular flexibility index (Phi) is 5.55. The van der Waals surface area contributed by atoms with Gasteiger partial charge in [-0.15, -0.1) is 0 Å². The van der Waals surface area contributed by atoms with E-state index in [9.17, 15) is 5.11 Å². The van der Waals surface area contributed by atoms with Crippen LogP contribution >= 0.6 is 27.7 Å². The van der Waals surface area contributed by atoms with E-state index in [1.54, 1.807) is 6.20 Å². The molecule has 0 spiro atoms. The average molecular weight is 405 g/mol. The van der Waals surface area contributed by atoms with Crippen LogP contribution in [0.5, 0.6) is 0 Å². The van der Waals surface area contributed by atoms with Gasteiger partial charge in [-0.1, -0.05) is 23.9 Å². The minimum absolute atomic E-state index is 0.0849. The van der Waals surface area contributed by atoms with Crippen molar-refractivity contribution in [1.29, 1.82) is 0 Å². The lowest BCUT2D eigenvalue weighted by Crippen LogP contribution is -2.06. The summed E-state index contributed by atoms with van der Waals surface area (Å²) in [6, 6.07) is 10.3. The van der Waals surface area contributed by atoms with Crippen molar-refractivity contribution in [2.45, 2.75) is 18.3 Å². The molecule has 0 aliphatic rings. The Balaban J connectivity index is 1.71. The molecule has 0 aliphatic carbocycles. The summed E-state index contributed by atoms with van der Waals surface area (Å²) in [7, 11) is 0. The molecule has 124 valence electrons. The molecule has 0 amide bonds. The highest BCUT2D eigenvalue weighted by Gasteiger charge is 2.06. The minimum Gasteiger partial charge on any atom is -0.391 e. The molecule has 2 aromatic heterocycles. The fraction of sp³-hybridized carbons (Fsp3) is 0.176. The number of hydrogen-bond acceptors (Lipinski definition) is 5. The zero-order chi connectivity index (χ0) is 16.9. The first-order chi connectivity index (χ1) is 11.7. The van der Waals surface area contributed by atoms with Crippen LogP contribution in [0.25, 0.3) is 5.69 Å². The van der Waals surface area contributed by atoms with Crippen LogP contribution in [0.1, 0.15) is 11.1 Å². The van der Waals surface area contributed by atoms with E-state index in [0.717, 1.165) is 15.7 Å². The molecule has 0 atom stereocenters. The fourth-order valence-electron chi connectivity index (χ4n) is 2.26. The number of aromatic nitrogens is 3. The topological polar surface area (TPSA) is 63.0 Å². The van der Waals surface area contributed by atoms with E-state index >= 15 is 0 Å². The third-order valence-electron chi connectivity index (χ3n) is 3.55. The van der Waals surface area contributed by atoms with E-state index in [4.69, 9.17) is 0 Å². The van der Waals surface area contributed by atoms with Gasteiger partial charge < -0.3 is 15.0 Å². The molecule has 2 N–H and O–H groups in total. The molecule has 0 aliphatic heterocycles. The number of rotatable bonds is 6. The van der Waals surface area contributed by atoms with Crippen molar-refractivity contribution in [2.75, 3.05) is 11.6 Å². The zero-order valence-electron chi connectivity index (χ0n) is 13.1. The average Bonchev–Trinajstić information content (AvgIpc) is 3.06. The molecule has 0 bridgehead atoms. The standard InChI is InChI=1S/C17H17BrN4OS/c1-24-17-20-9-13(11-23)16(21-17)19-8-12-2-4-15(5-3-12)22-7-6-14(18)10-22/h2-7,9-10,23H,8,11H2,1H3,(H,19,20,21). The van der Waals surface area contributed by atoms with E-state index < -0.39 is 0 Å². The van der Waals surface area contributed by atoms with Crippen molar-refractivity contribution < 1.29 is 5.11 Å². The van der Waals surface area contributed by atoms with Gasteiger partial charge in [0, 0.05) is 40.9 Å². The summed E-state index contributed by atoms with van der Waals surface area (Å²) in [5.41, 5.74) is 2.94. The number of thioether (sulfide) groups is 1. The molecular weight excluding hydrogens is 388 g/mol. The lowest BCUT2D eigenvalue weighted by molar-refractivity contribution is 0.281. The van der Waals surface area contributed by atoms with Crippen molar-refractivity contribution in [1.82, 2.24) is 14.5 Å². The van der Waals surface area contributed by atoms with Crippen LogP contribution in [-0.4, -0.2) is 25.9 Å². The lowest BCUT2D eigenvalue weighted by atomic mass is 10.2. The highest BCUT2D eigenvalue weighted by molar-refractivity contribution is 9.10. The van der Waals surface area contributed by atoms with Crippen molar-refractivity contribution in [3.8, 4) is 5.69 Å². The fourth-order valence-corrected chi connectivity index (χ4v) is 2.94. The van der Waals surface area contributed by atoms with Crippen LogP contribution in [0.4, 0.5) is 5.82 Å². The molecule has 0 fully saturated rings. The molecule has 3 rings (SSSR count). The maximum Gasteiger partial charge on any atom is 0.189 e. The molecule has 0 saturated heterocycles. The van der Waals surface area contributed by atoms with Gasteiger partial charge in [-0.05, 0) is 45.9 Å². The van der Waals surface area contributed by atoms with E-state index in [1.165, 1.54) is 11.8 Å². The Hall–Kier alpha value is -1.83. The maximum absolute atomic E-state index is 9.41. The first kappa shape index (κ1) is 17.0. The SMILES string of the molecule is CSc1ncc(CO)c(NCc2ccc(-n3ccc(Br)c3)cc2)n1. The summed E-state index contributed by atoms with van der Waals surface area (Å²) in [5, 5.41) is 13.4. The van der Waals surface area contributed by atoms with Gasteiger partial charge in [0.2, 0.25) is 0 Å². The van der Waals surface area contributed by atoms with Crippen LogP contribution in [0.3, 0.4) is 0 Å². The minimum atomic E-state index is -0.0849. The van der Waals surface area contributed by atoms with Crippen molar-refractivity contribution in [3.05, 3.63) is 64.5 Å². The number of anilines is 1. The molecule has 3 aromatic rings. The Morgan fingerprint density at radius 1 is 1.25 bits per heavy atom. The summed E-state index contributed by atoms with van der Waals surface area (Å²) in [6.07, 6.45) is 7.62. The monoisotopic (exact) mass is 404 g/mol. The van der Waals surface area contributed by atoms with Gasteiger partial charge in [0.15, 0.2) is 5.16 Å². The second kappa shape index (κ2) is 7.83. The van der Waals surface area contributed by atoms with Gasteiger partial charge in [0.05, 0.1) is 6.61 Å². The Labute approximate surface area is 153 Å². The highest BCUT2D eigenvalue weighted by Crippen LogP contribution is 2.19. The Morgan fingerprint density at radius 2 is 2.04 bits per heavy atom. The number of halogens is 1. The summed E-state index contributed by atoms with van der Waals surface area (Å²) in [5.74, 6) is 0.676. The van der Waals surface area contributed by atoms with Gasteiger partial charge >= 0.3 is 0 Å². The van der Waals surface area contributed by atoms with Crippen LogP contribution < -0.4 is 5.32 Å². The summed E-state index contributed by atoms with van der Waals surface area (Å²) in [4.78, 5) is 8.59. The smallest absolute Gasteiger partial charge is 0.189 e. The largest absolute Gasteiger partial charge is 0.391 e. The van der Waals surface area contributed by atoms with E-state index in [1.807, 2.05) is 24.7 Å². The number of benzene rings is 1. The molecule has 5 nitrogen and oxygen atoms in total. The summed E-state index contributed by atoms with van der Waals surface area (Å²) >= 11 is 4.93. The third-order valence-corrected chi connectivity index (χ3v) is 4.58. The number of nitrogens with one attached hydrogen (secondary N) is 1. The number of aliphatic hydroxyl groups is 1. The maximum atomic E-state index is 9.41. The molecule has 24 heavy (non-hydrogen) atoms. The van der Waals surface area contributed by atoms with E-state index in [-0.39, 0.29) is 6.61 Å². The van der Waals surface area contributed by atoms with Crippen molar-refractivity contribution in [2.24, 2.45) is 0 Å². The Bertz CT molecular complexity index is 820. The highest BCUT2D eigenvalue weighted by atomic mass is 79.9. The van der Waals surface area contributed by atoms with Crippen LogP contribution in [0, 0.1) is 0 Å². The molecule has 2 heterocycles. The lowest BCUT2D eigenvalue weighted by Gasteiger charge is -2.11. The molecule has 0 saturated carbocycles. The first-order valence-corrected chi connectivity index (χ1v) is 9.39. The summed E-state index contributed by atoms with van der Waals surface area (Å²) < 4.78 is 3.11. The summed E-state index contributed by atoms with van der Waals surface area (Å²) in [6.45, 7) is 0.548. The van der Waals surface area contributed by atoms with E-state index in [0.29, 0.717) is 23.1 Å². The Morgan fingerprint density at radius 3 is 2.67 bits per heavy atom. The second-order valence-electron chi connectivity index (χ2n) is 5.15. The quantitative estimate of drug-likeness (QED) is 0.482. The third kappa shape index (κ3) is 3.98. The van der Waals surface area contributed by atoms with Crippen molar-refractivity contribution >= 4 is 33.5 Å². The molecular formula is C17H17BrN4OS. The van der Waals surface area contributed by atoms with E-state index in [2.05, 4.69) is 60.0 Å². The molecule has 0 unspecified atom stereocenters. The van der Waals surface area contributed by atoms with Gasteiger partial charge in [-0.25, -0.2) is 9.97 Å². The number of nitrogens with zero attached hydrogens (tertiary/aromatic N) is 3. The zero-order valence-corrected chi connectivity index (χ0v) is 15.5.